The molecular weight excluding hydrogens is 330 g/mol. The number of carbonyl (C=O) groups is 3. The van der Waals surface area contributed by atoms with E-state index in [1.54, 1.807) is 18.0 Å². The molecule has 9 nitrogen and oxygen atoms in total. The zero-order valence-corrected chi connectivity index (χ0v) is 13.7. The molecule has 0 amide bonds. The van der Waals surface area contributed by atoms with Gasteiger partial charge < -0.3 is 19.6 Å². The van der Waals surface area contributed by atoms with Crippen LogP contribution in [0.2, 0.25) is 0 Å². The van der Waals surface area contributed by atoms with E-state index in [2.05, 4.69) is 14.2 Å². The summed E-state index contributed by atoms with van der Waals surface area (Å²) < 4.78 is 13.3. The Labute approximate surface area is 143 Å². The number of hydrogen-bond acceptors (Lipinski definition) is 8. The Morgan fingerprint density at radius 2 is 1.64 bits per heavy atom. The lowest BCUT2D eigenvalue weighted by atomic mass is 9.93. The molecule has 0 aromatic carbocycles. The molecule has 0 aromatic heterocycles. The molecule has 0 spiro atoms. The minimum Gasteiger partial charge on any atom is -0.763 e. The molecule has 0 aliphatic carbocycles. The van der Waals surface area contributed by atoms with Crippen molar-refractivity contribution in [2.75, 3.05) is 21.3 Å². The molecule has 0 radical (unpaired) electrons. The Morgan fingerprint density at radius 3 is 2.04 bits per heavy atom. The molecule has 0 aliphatic rings. The first kappa shape index (κ1) is 21.3. The largest absolute Gasteiger partial charge is 0.763 e. The smallest absolute Gasteiger partial charge is 0.348 e. The summed E-state index contributed by atoms with van der Waals surface area (Å²) in [6.45, 7) is 0. The number of allylic oxidation sites excluding steroid dienone is 2. The lowest BCUT2D eigenvalue weighted by molar-refractivity contribution is -0.141. The fourth-order valence-corrected chi connectivity index (χ4v) is 1.56. The summed E-state index contributed by atoms with van der Waals surface area (Å²) in [5.74, 6) is -2.32. The van der Waals surface area contributed by atoms with E-state index < -0.39 is 41.4 Å². The molecule has 130 valence electrons. The summed E-state index contributed by atoms with van der Waals surface area (Å²) in [7, 11) is 3.22. The maximum atomic E-state index is 11.5. The molecule has 0 saturated carbocycles. The highest BCUT2D eigenvalue weighted by atomic mass is 16.5. The summed E-state index contributed by atoms with van der Waals surface area (Å²) in [6.07, 6.45) is 1.50. The van der Waals surface area contributed by atoms with Gasteiger partial charge in [-0.1, -0.05) is 0 Å². The van der Waals surface area contributed by atoms with Crippen LogP contribution in [0.4, 0.5) is 0 Å². The highest BCUT2D eigenvalue weighted by molar-refractivity contribution is 6.02. The Hall–Kier alpha value is -3.68. The third-order valence-corrected chi connectivity index (χ3v) is 2.83. The van der Waals surface area contributed by atoms with Gasteiger partial charge in [-0.15, -0.1) is 0 Å². The van der Waals surface area contributed by atoms with Gasteiger partial charge in [0.15, 0.2) is 0 Å². The van der Waals surface area contributed by atoms with Crippen LogP contribution in [0, 0.1) is 28.6 Å². The van der Waals surface area contributed by atoms with Crippen LogP contribution < -0.4 is 0 Å². The third kappa shape index (κ3) is 6.53. The zero-order valence-electron chi connectivity index (χ0n) is 13.7. The van der Waals surface area contributed by atoms with E-state index in [9.17, 15) is 19.6 Å². The van der Waals surface area contributed by atoms with Gasteiger partial charge in [-0.2, -0.15) is 10.5 Å². The topological polar surface area (TPSA) is 149 Å². The van der Waals surface area contributed by atoms with Crippen LogP contribution in [-0.2, 0) is 28.6 Å². The van der Waals surface area contributed by atoms with Crippen LogP contribution >= 0.6 is 0 Å². The van der Waals surface area contributed by atoms with Gasteiger partial charge in [0.25, 0.3) is 0 Å². The number of esters is 3. The zero-order chi connectivity index (χ0) is 19.4. The summed E-state index contributed by atoms with van der Waals surface area (Å²) in [5, 5.41) is 27.3. The number of ether oxygens (including phenoxy) is 3. The maximum Gasteiger partial charge on any atom is 0.348 e. The molecule has 0 saturated heterocycles. The predicted molar refractivity (Wildman–Crippen MR) is 83.4 cm³/mol. The van der Waals surface area contributed by atoms with E-state index in [1.807, 2.05) is 0 Å². The molecule has 0 aromatic rings. The lowest BCUT2D eigenvalue weighted by Crippen LogP contribution is -2.13. The van der Waals surface area contributed by atoms with Crippen molar-refractivity contribution in [3.05, 3.63) is 34.3 Å². The molecule has 9 heteroatoms. The Bertz CT molecular complexity index is 745. The quantitative estimate of drug-likeness (QED) is 0.162. The third-order valence-electron chi connectivity index (χ3n) is 2.83. The van der Waals surface area contributed by atoms with Crippen LogP contribution in [0.5, 0.6) is 0 Å². The number of nitrogens with zero attached hydrogens (tertiary/aromatic N) is 3. The molecule has 0 unspecified atom stereocenters. The van der Waals surface area contributed by atoms with E-state index >= 15 is 0 Å². The number of rotatable bonds is 7. The predicted octanol–water partition coefficient (Wildman–Crippen LogP) is 0.577. The van der Waals surface area contributed by atoms with Crippen LogP contribution in [0.15, 0.2) is 28.9 Å². The van der Waals surface area contributed by atoms with Crippen molar-refractivity contribution in [1.82, 2.24) is 0 Å². The van der Waals surface area contributed by atoms with Crippen LogP contribution in [0.1, 0.15) is 6.42 Å². The molecular formula is C16H14N3O6-. The first-order chi connectivity index (χ1) is 11.9. The Kier molecular flexibility index (Phi) is 9.34. The van der Waals surface area contributed by atoms with E-state index in [0.717, 1.165) is 33.5 Å². The minimum atomic E-state index is -1.19. The fraction of sp³-hybridized carbons (Fsp3) is 0.312. The van der Waals surface area contributed by atoms with Crippen molar-refractivity contribution in [3.63, 3.8) is 0 Å². The van der Waals surface area contributed by atoms with Crippen molar-refractivity contribution < 1.29 is 28.6 Å². The highest BCUT2D eigenvalue weighted by Gasteiger charge is 2.21. The van der Waals surface area contributed by atoms with Gasteiger partial charge in [-0.25, -0.2) is 9.59 Å². The normalized spacial score (nSPS) is 11.9. The second-order valence-electron chi connectivity index (χ2n) is 4.28. The van der Waals surface area contributed by atoms with Crippen LogP contribution in [0.25, 0.3) is 5.41 Å². The van der Waals surface area contributed by atoms with Gasteiger partial charge in [0.05, 0.1) is 45.3 Å². The minimum absolute atomic E-state index is 0.100. The van der Waals surface area contributed by atoms with E-state index in [4.69, 9.17) is 10.7 Å². The molecule has 0 rings (SSSR count). The summed E-state index contributed by atoms with van der Waals surface area (Å²) in [4.78, 5) is 34.5. The van der Waals surface area contributed by atoms with Crippen LogP contribution in [0.3, 0.4) is 0 Å². The van der Waals surface area contributed by atoms with Gasteiger partial charge in [0, 0.05) is 0 Å². The number of hydrogen-bond donors (Lipinski definition) is 0. The van der Waals surface area contributed by atoms with Gasteiger partial charge in [-0.3, -0.25) is 10.7 Å². The van der Waals surface area contributed by atoms with Crippen LogP contribution in [-0.4, -0.2) is 45.1 Å². The van der Waals surface area contributed by atoms with E-state index in [-0.39, 0.29) is 5.57 Å². The van der Waals surface area contributed by atoms with E-state index in [0.29, 0.717) is 0 Å². The van der Waals surface area contributed by atoms with Gasteiger partial charge in [-0.05, 0) is 17.7 Å². The molecule has 1 atom stereocenters. The molecule has 25 heavy (non-hydrogen) atoms. The van der Waals surface area contributed by atoms with Gasteiger partial charge in [0.1, 0.15) is 11.6 Å². The summed E-state index contributed by atoms with van der Waals surface area (Å²) >= 11 is 0. The maximum absolute atomic E-state index is 11.5. The Morgan fingerprint density at radius 1 is 1.04 bits per heavy atom. The number of carbonyl (C=O) groups excluding carboxylic acids is 3. The summed E-state index contributed by atoms with van der Waals surface area (Å²) in [6, 6.07) is 3.37. The van der Waals surface area contributed by atoms with Crippen molar-refractivity contribution in [2.24, 2.45) is 5.92 Å². The summed E-state index contributed by atoms with van der Waals surface area (Å²) in [5.41, 5.74) is -1.07. The second kappa shape index (κ2) is 10.9. The SMILES string of the molecule is COC(=O)C[C@H](C#N)C(/C=C(\C#N)C(=O)OC)=C/C(=C=[N-])C(=O)OC. The molecule has 0 N–H and O–H groups in total. The first-order valence-electron chi connectivity index (χ1n) is 6.61. The van der Waals surface area contributed by atoms with E-state index in [1.165, 1.54) is 0 Å². The number of methoxy groups -OCH3 is 3. The highest BCUT2D eigenvalue weighted by Crippen LogP contribution is 2.21. The van der Waals surface area contributed by atoms with Gasteiger partial charge in [0.2, 0.25) is 0 Å². The average molecular weight is 344 g/mol. The molecule has 0 heterocycles. The molecule has 0 fully saturated rings. The molecule has 0 aliphatic heterocycles. The standard InChI is InChI=1S/C16H14N3O6/c1-23-14(20)6-11(7-17)10(4-12(8-18)15(21)24-2)5-13(9-19)16(22)25-3/h4-5,11H,6H2,1-3H3/q-1/b10-4+,13-5+/t11-/m1/s1. The van der Waals surface area contributed by atoms with Gasteiger partial charge >= 0.3 is 17.9 Å². The first-order valence-corrected chi connectivity index (χ1v) is 6.61. The van der Waals surface area contributed by atoms with Crippen molar-refractivity contribution in [2.45, 2.75) is 6.42 Å². The van der Waals surface area contributed by atoms with Crippen molar-refractivity contribution >= 4 is 23.8 Å². The second-order valence-corrected chi connectivity index (χ2v) is 4.28. The number of nitriles is 2. The molecule has 0 bridgehead atoms. The monoisotopic (exact) mass is 344 g/mol. The lowest BCUT2D eigenvalue weighted by Gasteiger charge is -2.11. The Balaban J connectivity index is 6.27. The van der Waals surface area contributed by atoms with Crippen molar-refractivity contribution in [1.29, 1.82) is 10.5 Å². The van der Waals surface area contributed by atoms with Crippen molar-refractivity contribution in [3.8, 4) is 12.1 Å². The average Bonchev–Trinajstić information content (AvgIpc) is 2.65. The fourth-order valence-electron chi connectivity index (χ4n) is 1.56.